The van der Waals surface area contributed by atoms with Crippen molar-refractivity contribution in [2.45, 2.75) is 11.5 Å². The molecule has 2 atom stereocenters. The number of H-pyrrole nitrogens is 1. The average molecular weight is 254 g/mol. The second-order valence-corrected chi connectivity index (χ2v) is 4.81. The van der Waals surface area contributed by atoms with E-state index in [1.807, 2.05) is 0 Å². The van der Waals surface area contributed by atoms with E-state index >= 15 is 0 Å². The van der Waals surface area contributed by atoms with Crippen molar-refractivity contribution in [2.24, 2.45) is 0 Å². The number of hydrogen-bond acceptors (Lipinski definition) is 6. The van der Waals surface area contributed by atoms with Crippen LogP contribution < -0.4 is 5.69 Å². The molecule has 0 aliphatic carbocycles. The van der Waals surface area contributed by atoms with E-state index in [9.17, 15) is 4.79 Å². The number of rotatable bonds is 2. The molecule has 0 aromatic carbocycles. The summed E-state index contributed by atoms with van der Waals surface area (Å²) >= 11 is 1.54. The molecule has 90 valence electrons. The van der Waals surface area contributed by atoms with Crippen LogP contribution in [-0.4, -0.2) is 42.5 Å². The zero-order valence-electron chi connectivity index (χ0n) is 8.74. The van der Waals surface area contributed by atoms with Gasteiger partial charge in [0, 0.05) is 11.3 Å². The molecule has 2 aromatic heterocycles. The Balaban J connectivity index is 2.02. The molecule has 8 heteroatoms. The van der Waals surface area contributed by atoms with E-state index in [-0.39, 0.29) is 23.8 Å². The fraction of sp³-hybridized carbons (Fsp3) is 0.444. The third-order valence-corrected chi connectivity index (χ3v) is 3.71. The topological polar surface area (TPSA) is 92.5 Å². The Kier molecular flexibility index (Phi) is 2.61. The zero-order valence-corrected chi connectivity index (χ0v) is 9.55. The number of aromatic nitrogens is 4. The van der Waals surface area contributed by atoms with Gasteiger partial charge in [-0.15, -0.1) is 11.8 Å². The molecule has 2 aromatic rings. The number of nitrogens with zero attached hydrogens (tertiary/aromatic N) is 3. The lowest BCUT2D eigenvalue weighted by Crippen LogP contribution is -2.17. The maximum atomic E-state index is 11.4. The summed E-state index contributed by atoms with van der Waals surface area (Å²) in [4.78, 5) is 18.0. The van der Waals surface area contributed by atoms with Gasteiger partial charge in [-0.25, -0.2) is 9.78 Å². The number of nitrogens with one attached hydrogen (secondary N) is 1. The summed E-state index contributed by atoms with van der Waals surface area (Å²) in [6.45, 7) is -0.0195. The van der Waals surface area contributed by atoms with Gasteiger partial charge < -0.3 is 9.84 Å². The first-order chi connectivity index (χ1) is 8.29. The van der Waals surface area contributed by atoms with Crippen molar-refractivity contribution in [3.8, 4) is 0 Å². The van der Waals surface area contributed by atoms with E-state index in [2.05, 4.69) is 15.1 Å². The van der Waals surface area contributed by atoms with E-state index in [4.69, 9.17) is 9.84 Å². The normalized spacial score (nSPS) is 24.5. The minimum absolute atomic E-state index is 0.0195. The van der Waals surface area contributed by atoms with Crippen LogP contribution in [0.3, 0.4) is 0 Å². The number of fused-ring (bicyclic) bond motifs is 1. The lowest BCUT2D eigenvalue weighted by molar-refractivity contribution is 0.0350. The molecule has 1 aliphatic heterocycles. The highest BCUT2D eigenvalue weighted by atomic mass is 32.2. The Hall–Kier alpha value is -1.38. The molecule has 1 fully saturated rings. The number of aromatic amines is 1. The highest BCUT2D eigenvalue weighted by Gasteiger charge is 2.29. The molecule has 2 N–H and O–H groups in total. The van der Waals surface area contributed by atoms with Crippen LogP contribution in [0.15, 0.2) is 17.3 Å². The average Bonchev–Trinajstić information content (AvgIpc) is 2.94. The second-order valence-electron chi connectivity index (χ2n) is 3.61. The van der Waals surface area contributed by atoms with Crippen molar-refractivity contribution in [3.05, 3.63) is 28.6 Å². The van der Waals surface area contributed by atoms with Crippen LogP contribution in [0, 0.1) is 0 Å². The molecule has 0 radical (unpaired) electrons. The lowest BCUT2D eigenvalue weighted by atomic mass is 10.2. The quantitative estimate of drug-likeness (QED) is 0.753. The van der Waals surface area contributed by atoms with Gasteiger partial charge in [0.15, 0.2) is 5.65 Å². The fourth-order valence-corrected chi connectivity index (χ4v) is 2.75. The number of aliphatic hydroxyl groups is 1. The van der Waals surface area contributed by atoms with Crippen molar-refractivity contribution in [1.29, 1.82) is 0 Å². The van der Waals surface area contributed by atoms with Crippen molar-refractivity contribution in [1.82, 2.24) is 19.6 Å². The number of thioether (sulfide) groups is 1. The first-order valence-electron chi connectivity index (χ1n) is 5.09. The zero-order chi connectivity index (χ0) is 11.8. The molecule has 7 nitrogen and oxygen atoms in total. The SMILES string of the molecule is O=c1[nH]cnc2c([C@@H]3CS[C@H](CO)O3)cnn12. The van der Waals surface area contributed by atoms with Gasteiger partial charge in [-0.1, -0.05) is 0 Å². The van der Waals surface area contributed by atoms with Crippen molar-refractivity contribution >= 4 is 17.4 Å². The third-order valence-electron chi connectivity index (χ3n) is 2.58. The van der Waals surface area contributed by atoms with E-state index < -0.39 is 0 Å². The standard InChI is InChI=1S/C9H10N4O3S/c14-2-7-16-6(3-17-7)5-1-12-13-8(5)10-4-11-9(13)15/h1,4,6-7,14H,2-3H2,(H,10,11,15)/t6-,7+/m0/s1. The van der Waals surface area contributed by atoms with E-state index in [0.29, 0.717) is 5.65 Å². The molecule has 0 saturated carbocycles. The van der Waals surface area contributed by atoms with Gasteiger partial charge in [-0.05, 0) is 0 Å². The number of hydrogen-bond donors (Lipinski definition) is 2. The molecule has 1 saturated heterocycles. The molecule has 3 heterocycles. The summed E-state index contributed by atoms with van der Waals surface area (Å²) in [6.07, 6.45) is 2.75. The molecule has 0 unspecified atom stereocenters. The maximum absolute atomic E-state index is 11.4. The van der Waals surface area contributed by atoms with Gasteiger partial charge in [0.2, 0.25) is 0 Å². The predicted molar refractivity (Wildman–Crippen MR) is 60.8 cm³/mol. The van der Waals surface area contributed by atoms with Gasteiger partial charge in [-0.2, -0.15) is 9.61 Å². The Morgan fingerprint density at radius 1 is 1.71 bits per heavy atom. The molecule has 0 bridgehead atoms. The minimum atomic E-state index is -0.328. The van der Waals surface area contributed by atoms with Crippen LogP contribution in [0.4, 0.5) is 0 Å². The third kappa shape index (κ3) is 1.74. The van der Waals surface area contributed by atoms with Crippen LogP contribution in [0.2, 0.25) is 0 Å². The van der Waals surface area contributed by atoms with Crippen molar-refractivity contribution in [3.63, 3.8) is 0 Å². The molecule has 0 amide bonds. The monoisotopic (exact) mass is 254 g/mol. The fourth-order valence-electron chi connectivity index (χ4n) is 1.78. The first kappa shape index (κ1) is 10.8. The van der Waals surface area contributed by atoms with Gasteiger partial charge in [0.05, 0.1) is 25.2 Å². The number of aliphatic hydroxyl groups excluding tert-OH is 1. The summed E-state index contributed by atoms with van der Waals surface area (Å²) in [5.74, 6) is 0.723. The highest BCUT2D eigenvalue weighted by Crippen LogP contribution is 2.35. The minimum Gasteiger partial charge on any atom is -0.393 e. The smallest absolute Gasteiger partial charge is 0.349 e. The lowest BCUT2D eigenvalue weighted by Gasteiger charge is -2.08. The van der Waals surface area contributed by atoms with Crippen molar-refractivity contribution in [2.75, 3.05) is 12.4 Å². The largest absolute Gasteiger partial charge is 0.393 e. The van der Waals surface area contributed by atoms with Crippen LogP contribution in [0.1, 0.15) is 11.7 Å². The van der Waals surface area contributed by atoms with Crippen LogP contribution in [-0.2, 0) is 4.74 Å². The van der Waals surface area contributed by atoms with E-state index in [0.717, 1.165) is 11.3 Å². The summed E-state index contributed by atoms with van der Waals surface area (Å²) in [5.41, 5.74) is 0.736. The second kappa shape index (κ2) is 4.13. The Morgan fingerprint density at radius 3 is 3.35 bits per heavy atom. The Morgan fingerprint density at radius 2 is 2.59 bits per heavy atom. The summed E-state index contributed by atoms with van der Waals surface area (Å²) < 4.78 is 6.81. The highest BCUT2D eigenvalue weighted by molar-refractivity contribution is 8.00. The number of ether oxygens (including phenoxy) is 1. The Labute approximate surface area is 99.8 Å². The summed E-state index contributed by atoms with van der Waals surface area (Å²) in [6, 6.07) is 0. The van der Waals surface area contributed by atoms with Crippen LogP contribution >= 0.6 is 11.8 Å². The Bertz CT molecular complexity index is 595. The van der Waals surface area contributed by atoms with Gasteiger partial charge in [0.1, 0.15) is 5.44 Å². The molecule has 17 heavy (non-hydrogen) atoms. The van der Waals surface area contributed by atoms with Crippen LogP contribution in [0.5, 0.6) is 0 Å². The van der Waals surface area contributed by atoms with Gasteiger partial charge in [0.25, 0.3) is 0 Å². The summed E-state index contributed by atoms with van der Waals surface area (Å²) in [7, 11) is 0. The maximum Gasteiger partial charge on any atom is 0.349 e. The molecule has 3 rings (SSSR count). The van der Waals surface area contributed by atoms with E-state index in [1.54, 1.807) is 6.20 Å². The van der Waals surface area contributed by atoms with E-state index in [1.165, 1.54) is 22.6 Å². The predicted octanol–water partition coefficient (Wildman–Crippen LogP) is -0.460. The molecule has 1 aliphatic rings. The molecular formula is C9H10N4O3S. The van der Waals surface area contributed by atoms with Gasteiger partial charge in [-0.3, -0.25) is 4.98 Å². The van der Waals surface area contributed by atoms with Crippen molar-refractivity contribution < 1.29 is 9.84 Å². The molecule has 0 spiro atoms. The summed E-state index contributed by atoms with van der Waals surface area (Å²) in [5, 5.41) is 13.0. The van der Waals surface area contributed by atoms with Gasteiger partial charge >= 0.3 is 5.69 Å². The molecular weight excluding hydrogens is 244 g/mol. The first-order valence-corrected chi connectivity index (χ1v) is 6.13. The van der Waals surface area contributed by atoms with Crippen LogP contribution in [0.25, 0.3) is 5.65 Å².